The SMILES string of the molecule is COc1ccc(OC)c(NC(=O)C(C)OC(=O)c2sc3nc(C)cc(C)c3c2N)c1. The van der Waals surface area contributed by atoms with Crippen molar-refractivity contribution in [1.82, 2.24) is 4.98 Å². The molecule has 0 fully saturated rings. The Morgan fingerprint density at radius 2 is 1.90 bits per heavy atom. The predicted molar refractivity (Wildman–Crippen MR) is 117 cm³/mol. The van der Waals surface area contributed by atoms with Crippen molar-refractivity contribution < 1.29 is 23.8 Å². The normalized spacial score (nSPS) is 11.8. The number of pyridine rings is 1. The van der Waals surface area contributed by atoms with Crippen molar-refractivity contribution in [3.8, 4) is 11.5 Å². The first-order valence-corrected chi connectivity index (χ1v) is 9.96. The highest BCUT2D eigenvalue weighted by Gasteiger charge is 2.25. The molecule has 0 radical (unpaired) electrons. The lowest BCUT2D eigenvalue weighted by Gasteiger charge is -2.15. The first-order chi connectivity index (χ1) is 14.2. The maximum atomic E-state index is 12.7. The largest absolute Gasteiger partial charge is 0.497 e. The Balaban J connectivity index is 1.78. The highest BCUT2D eigenvalue weighted by Crippen LogP contribution is 2.35. The Morgan fingerprint density at radius 3 is 2.57 bits per heavy atom. The smallest absolute Gasteiger partial charge is 0.351 e. The summed E-state index contributed by atoms with van der Waals surface area (Å²) in [4.78, 5) is 30.6. The molecule has 3 N–H and O–H groups in total. The van der Waals surface area contributed by atoms with E-state index in [0.29, 0.717) is 27.7 Å². The minimum absolute atomic E-state index is 0.227. The number of esters is 1. The van der Waals surface area contributed by atoms with Crippen LogP contribution in [0.4, 0.5) is 11.4 Å². The van der Waals surface area contributed by atoms with Crippen LogP contribution in [-0.4, -0.2) is 37.2 Å². The molecule has 0 aliphatic heterocycles. The second kappa shape index (κ2) is 8.58. The van der Waals surface area contributed by atoms with Crippen LogP contribution in [0.2, 0.25) is 0 Å². The van der Waals surface area contributed by atoms with E-state index < -0.39 is 18.0 Å². The highest BCUT2D eigenvalue weighted by molar-refractivity contribution is 7.21. The third-order valence-corrected chi connectivity index (χ3v) is 5.61. The van der Waals surface area contributed by atoms with Crippen LogP contribution in [-0.2, 0) is 9.53 Å². The van der Waals surface area contributed by atoms with Crippen LogP contribution >= 0.6 is 11.3 Å². The molecular formula is C21H23N3O5S. The Labute approximate surface area is 178 Å². The molecule has 1 unspecified atom stereocenters. The molecule has 1 atom stereocenters. The number of thiophene rings is 1. The van der Waals surface area contributed by atoms with E-state index in [-0.39, 0.29) is 4.88 Å². The van der Waals surface area contributed by atoms with Gasteiger partial charge >= 0.3 is 5.97 Å². The first-order valence-electron chi connectivity index (χ1n) is 9.15. The molecule has 3 aromatic rings. The zero-order valence-corrected chi connectivity index (χ0v) is 18.2. The second-order valence-electron chi connectivity index (χ2n) is 6.71. The summed E-state index contributed by atoms with van der Waals surface area (Å²) in [6, 6.07) is 6.89. The lowest BCUT2D eigenvalue weighted by atomic mass is 10.1. The molecule has 0 bridgehead atoms. The molecule has 2 aromatic heterocycles. The van der Waals surface area contributed by atoms with Crippen LogP contribution in [0.3, 0.4) is 0 Å². The van der Waals surface area contributed by atoms with Crippen LogP contribution in [0, 0.1) is 13.8 Å². The van der Waals surface area contributed by atoms with Crippen LogP contribution in [0.25, 0.3) is 10.2 Å². The molecule has 0 aliphatic rings. The molecule has 1 amide bonds. The van der Waals surface area contributed by atoms with Crippen molar-refractivity contribution in [1.29, 1.82) is 0 Å². The van der Waals surface area contributed by atoms with Gasteiger partial charge in [0.1, 0.15) is 21.2 Å². The molecule has 8 nitrogen and oxygen atoms in total. The molecule has 1 aromatic carbocycles. The third-order valence-electron chi connectivity index (χ3n) is 4.53. The van der Waals surface area contributed by atoms with Gasteiger partial charge in [0.25, 0.3) is 5.91 Å². The quantitative estimate of drug-likeness (QED) is 0.575. The number of carbonyl (C=O) groups excluding carboxylic acids is 2. The summed E-state index contributed by atoms with van der Waals surface area (Å²) in [6.07, 6.45) is -1.06. The number of aryl methyl sites for hydroxylation is 2. The molecule has 30 heavy (non-hydrogen) atoms. The fraction of sp³-hybridized carbons (Fsp3) is 0.286. The fourth-order valence-corrected chi connectivity index (χ4v) is 4.13. The van der Waals surface area contributed by atoms with E-state index in [0.717, 1.165) is 28.0 Å². The summed E-state index contributed by atoms with van der Waals surface area (Å²) < 4.78 is 15.8. The van der Waals surface area contributed by atoms with E-state index in [2.05, 4.69) is 10.3 Å². The van der Waals surface area contributed by atoms with Crippen LogP contribution in [0.15, 0.2) is 24.3 Å². The van der Waals surface area contributed by atoms with Gasteiger partial charge in [-0.1, -0.05) is 0 Å². The van der Waals surface area contributed by atoms with Crippen molar-refractivity contribution in [3.63, 3.8) is 0 Å². The Kier molecular flexibility index (Phi) is 6.12. The highest BCUT2D eigenvalue weighted by atomic mass is 32.1. The summed E-state index contributed by atoms with van der Waals surface area (Å²) >= 11 is 1.15. The van der Waals surface area contributed by atoms with Gasteiger partial charge < -0.3 is 25.3 Å². The summed E-state index contributed by atoms with van der Waals surface area (Å²) in [5.74, 6) is -0.187. The maximum Gasteiger partial charge on any atom is 0.351 e. The number of benzene rings is 1. The van der Waals surface area contributed by atoms with E-state index in [9.17, 15) is 9.59 Å². The van der Waals surface area contributed by atoms with Gasteiger partial charge in [-0.15, -0.1) is 11.3 Å². The number of carbonyl (C=O) groups is 2. The number of nitrogen functional groups attached to an aromatic ring is 1. The fourth-order valence-electron chi connectivity index (χ4n) is 3.03. The first kappa shape index (κ1) is 21.4. The topological polar surface area (TPSA) is 113 Å². The van der Waals surface area contributed by atoms with Crippen LogP contribution in [0.1, 0.15) is 27.9 Å². The minimum atomic E-state index is -1.06. The maximum absolute atomic E-state index is 12.7. The Morgan fingerprint density at radius 1 is 1.17 bits per heavy atom. The van der Waals surface area contributed by atoms with Crippen LogP contribution in [0.5, 0.6) is 11.5 Å². The zero-order chi connectivity index (χ0) is 22.0. The van der Waals surface area contributed by atoms with E-state index in [1.54, 1.807) is 18.2 Å². The molecule has 158 valence electrons. The number of hydrogen-bond donors (Lipinski definition) is 2. The number of nitrogens with two attached hydrogens (primary N) is 1. The van der Waals surface area contributed by atoms with Crippen molar-refractivity contribution in [2.75, 3.05) is 25.3 Å². The summed E-state index contributed by atoms with van der Waals surface area (Å²) in [7, 11) is 3.01. The molecule has 2 heterocycles. The molecular weight excluding hydrogens is 406 g/mol. The molecule has 0 saturated carbocycles. The van der Waals surface area contributed by atoms with Crippen molar-refractivity contribution in [2.45, 2.75) is 26.9 Å². The predicted octanol–water partition coefficient (Wildman–Crippen LogP) is 3.70. The van der Waals surface area contributed by atoms with Crippen molar-refractivity contribution in [2.24, 2.45) is 0 Å². The summed E-state index contributed by atoms with van der Waals surface area (Å²) in [5.41, 5.74) is 8.66. The number of nitrogens with one attached hydrogen (secondary N) is 1. The Bertz CT molecular complexity index is 1130. The minimum Gasteiger partial charge on any atom is -0.497 e. The van der Waals surface area contributed by atoms with Gasteiger partial charge in [-0.05, 0) is 44.5 Å². The zero-order valence-electron chi connectivity index (χ0n) is 17.4. The van der Waals surface area contributed by atoms with Gasteiger partial charge in [0.05, 0.1) is 25.6 Å². The average Bonchev–Trinajstić information content (AvgIpc) is 3.04. The second-order valence-corrected chi connectivity index (χ2v) is 7.71. The number of aromatic nitrogens is 1. The molecule has 9 heteroatoms. The summed E-state index contributed by atoms with van der Waals surface area (Å²) in [5, 5.41) is 3.42. The number of hydrogen-bond acceptors (Lipinski definition) is 8. The number of fused-ring (bicyclic) bond motifs is 1. The summed E-state index contributed by atoms with van der Waals surface area (Å²) in [6.45, 7) is 5.27. The van der Waals surface area contributed by atoms with E-state index >= 15 is 0 Å². The van der Waals surface area contributed by atoms with Gasteiger partial charge in [-0.2, -0.15) is 0 Å². The molecule has 3 rings (SSSR count). The van der Waals surface area contributed by atoms with Crippen molar-refractivity contribution in [3.05, 3.63) is 40.4 Å². The monoisotopic (exact) mass is 429 g/mol. The number of ether oxygens (including phenoxy) is 3. The average molecular weight is 429 g/mol. The van der Waals surface area contributed by atoms with Crippen molar-refractivity contribution >= 4 is 44.8 Å². The molecule has 0 spiro atoms. The number of amides is 1. The number of methoxy groups -OCH3 is 2. The standard InChI is InChI=1S/C21H23N3O5S/c1-10-8-11(2)23-20-16(10)17(22)18(30-20)21(26)29-12(3)19(25)24-14-9-13(27-4)6-7-15(14)28-5/h6-9,12H,22H2,1-5H3,(H,24,25). The molecule has 0 aliphatic carbocycles. The van der Waals surface area contributed by atoms with Gasteiger partial charge in [-0.25, -0.2) is 9.78 Å². The number of nitrogens with zero attached hydrogens (tertiary/aromatic N) is 1. The lowest BCUT2D eigenvalue weighted by Crippen LogP contribution is -2.30. The van der Waals surface area contributed by atoms with Gasteiger partial charge in [0, 0.05) is 17.1 Å². The number of anilines is 2. The lowest BCUT2D eigenvalue weighted by molar-refractivity contribution is -0.123. The number of rotatable bonds is 6. The van der Waals surface area contributed by atoms with E-state index in [1.165, 1.54) is 21.1 Å². The van der Waals surface area contributed by atoms with Gasteiger partial charge in [-0.3, -0.25) is 4.79 Å². The van der Waals surface area contributed by atoms with Crippen LogP contribution < -0.4 is 20.5 Å². The molecule has 0 saturated heterocycles. The van der Waals surface area contributed by atoms with Gasteiger partial charge in [0.15, 0.2) is 6.10 Å². The van der Waals surface area contributed by atoms with E-state index in [1.807, 2.05) is 19.9 Å². The van der Waals surface area contributed by atoms with E-state index in [4.69, 9.17) is 19.9 Å². The Hall–Kier alpha value is -3.33. The third kappa shape index (κ3) is 4.16. The van der Waals surface area contributed by atoms with Gasteiger partial charge in [0.2, 0.25) is 0 Å².